The number of hydrogen-bond acceptors (Lipinski definition) is 1. The van der Waals surface area contributed by atoms with Crippen LogP contribution in [0.5, 0.6) is 0 Å². The Balaban J connectivity index is 1.55. The van der Waals surface area contributed by atoms with Gasteiger partial charge in [0.05, 0.1) is 30.4 Å². The molecule has 4 aliphatic rings. The molecule has 192 valence electrons. The highest BCUT2D eigenvalue weighted by Crippen LogP contribution is 2.88. The zero-order valence-corrected chi connectivity index (χ0v) is 24.1. The number of rotatable bonds is 4. The van der Waals surface area contributed by atoms with Gasteiger partial charge in [0.25, 0.3) is 5.52 Å². The lowest BCUT2D eigenvalue weighted by atomic mass is 9.99. The first-order valence-electron chi connectivity index (χ1n) is 15.1. The molecular formula is C34H43NP2+2. The maximum atomic E-state index is 3.05. The second-order valence-electron chi connectivity index (χ2n) is 12.1. The van der Waals surface area contributed by atoms with Gasteiger partial charge in [-0.2, -0.15) is 0 Å². The Morgan fingerprint density at radius 3 is 1.62 bits per heavy atom. The first kappa shape index (κ1) is 24.4. The molecule has 2 heterocycles. The maximum Gasteiger partial charge on any atom is 0.255 e. The molecule has 0 bridgehead atoms. The number of anilines is 1. The lowest BCUT2D eigenvalue weighted by molar-refractivity contribution is 0.472. The summed E-state index contributed by atoms with van der Waals surface area (Å²) in [7, 11) is -3.16. The monoisotopic (exact) mass is 527 g/mol. The number of nitrogens with zero attached hydrogens (tertiary/aromatic N) is 1. The van der Waals surface area contributed by atoms with Crippen LogP contribution in [0.4, 0.5) is 5.69 Å². The summed E-state index contributed by atoms with van der Waals surface area (Å²) in [6.07, 6.45) is 17.8. The minimum atomic E-state index is -1.85. The van der Waals surface area contributed by atoms with Crippen molar-refractivity contribution in [1.82, 2.24) is 0 Å². The van der Waals surface area contributed by atoms with Gasteiger partial charge >= 0.3 is 0 Å². The predicted molar refractivity (Wildman–Crippen MR) is 166 cm³/mol. The molecule has 1 nitrogen and oxygen atoms in total. The fourth-order valence-corrected chi connectivity index (χ4v) is 25.2. The van der Waals surface area contributed by atoms with E-state index in [0.29, 0.717) is 5.52 Å². The summed E-state index contributed by atoms with van der Waals surface area (Å²) in [5, 5.41) is 4.97. The zero-order valence-electron chi connectivity index (χ0n) is 22.3. The van der Waals surface area contributed by atoms with Crippen molar-refractivity contribution in [3.63, 3.8) is 0 Å². The van der Waals surface area contributed by atoms with Crippen LogP contribution in [-0.2, 0) is 0 Å². The van der Waals surface area contributed by atoms with Crippen LogP contribution in [0.2, 0.25) is 0 Å². The van der Waals surface area contributed by atoms with Crippen LogP contribution >= 0.6 is 14.5 Å². The molecule has 1 atom stereocenters. The Morgan fingerprint density at radius 1 is 0.541 bits per heavy atom. The van der Waals surface area contributed by atoms with Crippen LogP contribution in [0.3, 0.4) is 0 Å². The van der Waals surface area contributed by atoms with Crippen molar-refractivity contribution < 1.29 is 0 Å². The molecule has 37 heavy (non-hydrogen) atoms. The van der Waals surface area contributed by atoms with Crippen LogP contribution < -0.4 is 20.8 Å². The van der Waals surface area contributed by atoms with Crippen LogP contribution in [0.1, 0.15) is 70.6 Å². The van der Waals surface area contributed by atoms with E-state index < -0.39 is 14.5 Å². The van der Waals surface area contributed by atoms with Crippen molar-refractivity contribution in [2.24, 2.45) is 0 Å². The van der Waals surface area contributed by atoms with Crippen LogP contribution in [0, 0.1) is 0 Å². The highest BCUT2D eigenvalue weighted by atomic mass is 31.2. The van der Waals surface area contributed by atoms with Crippen molar-refractivity contribution in [2.75, 3.05) is 17.6 Å². The Hall–Kier alpha value is -1.68. The van der Waals surface area contributed by atoms with E-state index >= 15 is 0 Å². The van der Waals surface area contributed by atoms with Gasteiger partial charge in [0.2, 0.25) is 0 Å². The molecule has 3 aromatic carbocycles. The van der Waals surface area contributed by atoms with Gasteiger partial charge in [-0.3, -0.25) is 0 Å². The van der Waals surface area contributed by atoms with Crippen LogP contribution in [0.15, 0.2) is 84.9 Å². The van der Waals surface area contributed by atoms with E-state index in [-0.39, 0.29) is 0 Å². The van der Waals surface area contributed by atoms with E-state index in [1.165, 1.54) is 77.2 Å². The molecule has 0 amide bonds. The number of hydrogen-bond donors (Lipinski definition) is 0. The predicted octanol–water partition coefficient (Wildman–Crippen LogP) is 8.17. The molecule has 2 saturated carbocycles. The number of fused-ring (bicyclic) bond motifs is 3. The second kappa shape index (κ2) is 10.1. The summed E-state index contributed by atoms with van der Waals surface area (Å²) in [4.78, 5) is 3.05. The third-order valence-corrected chi connectivity index (χ3v) is 23.1. The van der Waals surface area contributed by atoms with Crippen LogP contribution in [-0.4, -0.2) is 29.5 Å². The smallest absolute Gasteiger partial charge is 0.255 e. The van der Waals surface area contributed by atoms with E-state index in [1.54, 1.807) is 27.8 Å². The molecule has 0 N–H and O–H groups in total. The largest absolute Gasteiger partial charge is 0.302 e. The van der Waals surface area contributed by atoms with Gasteiger partial charge in [-0.05, 0) is 94.2 Å². The molecular weight excluding hydrogens is 484 g/mol. The number of para-hydroxylation sites is 1. The van der Waals surface area contributed by atoms with E-state index in [1.807, 2.05) is 0 Å². The minimum Gasteiger partial charge on any atom is -0.302 e. The highest BCUT2D eigenvalue weighted by molar-refractivity contribution is 8.05. The molecule has 3 aromatic rings. The molecule has 0 aromatic heterocycles. The SMILES string of the molecule is c1ccc([P+]2(c3ccccc3)c3ccccc3N3CCC[P+](C4CCCCC4)(C4CCCCC4)[C@H]32)cc1. The van der Waals surface area contributed by atoms with Crippen molar-refractivity contribution in [3.8, 4) is 0 Å². The summed E-state index contributed by atoms with van der Waals surface area (Å²) in [6.45, 7) is 1.25. The summed E-state index contributed by atoms with van der Waals surface area (Å²) in [6, 6.07) is 33.6. The number of benzene rings is 3. The van der Waals surface area contributed by atoms with Crippen molar-refractivity contribution >= 4 is 36.1 Å². The third kappa shape index (κ3) is 3.71. The van der Waals surface area contributed by atoms with E-state index in [9.17, 15) is 0 Å². The quantitative estimate of drug-likeness (QED) is 0.309. The molecule has 2 aliphatic carbocycles. The topological polar surface area (TPSA) is 3.24 Å². The van der Waals surface area contributed by atoms with E-state index in [4.69, 9.17) is 0 Å². The average Bonchev–Trinajstić information content (AvgIpc) is 3.31. The van der Waals surface area contributed by atoms with Gasteiger partial charge < -0.3 is 4.90 Å². The molecule has 0 unspecified atom stereocenters. The highest BCUT2D eigenvalue weighted by Gasteiger charge is 2.76. The first-order chi connectivity index (χ1) is 18.4. The third-order valence-electron chi connectivity index (χ3n) is 10.4. The van der Waals surface area contributed by atoms with Gasteiger partial charge in [0.1, 0.15) is 15.9 Å². The average molecular weight is 528 g/mol. The Labute approximate surface area is 225 Å². The standard InChI is InChI=1S/C34H43NP2/c1-5-16-28(17-6-1)36(29-18-7-2-8-19-29)27-15-26-35-32-24-13-14-25-33(32)37(34(35)36,30-20-9-3-10-21-30)31-22-11-4-12-23-31/h3-4,9-14,20-25,28-29,34H,1-2,5-8,15-19,26-27H2/q+2/t34-/m0/s1. The summed E-state index contributed by atoms with van der Waals surface area (Å²) in [5.74, 6) is 0. The van der Waals surface area contributed by atoms with Gasteiger partial charge in [-0.15, -0.1) is 0 Å². The fourth-order valence-electron chi connectivity index (χ4n) is 9.10. The van der Waals surface area contributed by atoms with Crippen molar-refractivity contribution in [3.05, 3.63) is 84.9 Å². The summed E-state index contributed by atoms with van der Waals surface area (Å²) < 4.78 is 0. The fraction of sp³-hybridized carbons (Fsp3) is 0.471. The first-order valence-corrected chi connectivity index (χ1v) is 19.1. The molecule has 7 rings (SSSR count). The Kier molecular flexibility index (Phi) is 6.67. The lowest BCUT2D eigenvalue weighted by Gasteiger charge is -2.52. The Bertz CT molecular complexity index is 1140. The minimum absolute atomic E-state index is 0.710. The molecule has 3 fully saturated rings. The zero-order chi connectivity index (χ0) is 24.7. The van der Waals surface area contributed by atoms with Gasteiger partial charge in [-0.25, -0.2) is 0 Å². The normalized spacial score (nSPS) is 25.4. The molecule has 3 heteroatoms. The molecule has 1 saturated heterocycles. The Morgan fingerprint density at radius 2 is 1.05 bits per heavy atom. The summed E-state index contributed by atoms with van der Waals surface area (Å²) >= 11 is 0. The molecule has 0 radical (unpaired) electrons. The van der Waals surface area contributed by atoms with E-state index in [2.05, 4.69) is 89.8 Å². The van der Waals surface area contributed by atoms with Crippen molar-refractivity contribution in [1.29, 1.82) is 0 Å². The second-order valence-corrected chi connectivity index (χ2v) is 20.3. The van der Waals surface area contributed by atoms with Gasteiger partial charge in [-0.1, -0.05) is 61.4 Å². The molecule has 0 spiro atoms. The lowest BCUT2D eigenvalue weighted by Crippen LogP contribution is -2.51. The maximum absolute atomic E-state index is 3.05. The van der Waals surface area contributed by atoms with Crippen LogP contribution in [0.25, 0.3) is 0 Å². The molecule has 2 aliphatic heterocycles. The summed E-state index contributed by atoms with van der Waals surface area (Å²) in [5.41, 5.74) is 4.27. The van der Waals surface area contributed by atoms with Gasteiger partial charge in [0.15, 0.2) is 7.26 Å². The van der Waals surface area contributed by atoms with Gasteiger partial charge in [0, 0.05) is 6.54 Å². The van der Waals surface area contributed by atoms with E-state index in [0.717, 1.165) is 11.3 Å². The van der Waals surface area contributed by atoms with Crippen molar-refractivity contribution in [2.45, 2.75) is 87.5 Å².